The first-order chi connectivity index (χ1) is 12.1. The molecule has 0 atom stereocenters. The highest BCUT2D eigenvalue weighted by Gasteiger charge is 2.16. The Morgan fingerprint density at radius 1 is 1.08 bits per heavy atom. The van der Waals surface area contributed by atoms with Crippen LogP contribution in [0, 0.1) is 0 Å². The van der Waals surface area contributed by atoms with Crippen molar-refractivity contribution < 1.29 is 4.79 Å². The van der Waals surface area contributed by atoms with E-state index in [2.05, 4.69) is 34.5 Å². The molecule has 1 aromatic heterocycles. The molecule has 0 spiro atoms. The minimum absolute atomic E-state index is 0.0991. The number of carbonyl (C=O) groups is 1. The monoisotopic (exact) mass is 341 g/mol. The van der Waals surface area contributed by atoms with E-state index in [9.17, 15) is 4.79 Å². The molecule has 2 aromatic rings. The molecular weight excluding hydrogens is 314 g/mol. The number of amides is 1. The van der Waals surface area contributed by atoms with E-state index in [4.69, 9.17) is 0 Å². The van der Waals surface area contributed by atoms with Gasteiger partial charge in [0.05, 0.1) is 0 Å². The van der Waals surface area contributed by atoms with Gasteiger partial charge in [-0.3, -0.25) is 4.79 Å². The van der Waals surface area contributed by atoms with Gasteiger partial charge in [0.25, 0.3) is 5.91 Å². The second-order valence-electron chi connectivity index (χ2n) is 6.19. The largest absolute Gasteiger partial charge is 0.369 e. The van der Waals surface area contributed by atoms with Crippen LogP contribution < -0.4 is 5.32 Å². The van der Waals surface area contributed by atoms with Crippen LogP contribution in [-0.4, -0.2) is 59.6 Å². The Balaban J connectivity index is 1.91. The van der Waals surface area contributed by atoms with Crippen LogP contribution in [0.3, 0.4) is 0 Å². The lowest BCUT2D eigenvalue weighted by Gasteiger charge is -2.20. The Bertz CT molecular complexity index is 643. The smallest absolute Gasteiger partial charge is 0.274 e. The molecule has 6 heteroatoms. The number of hydrogen-bond donors (Lipinski definition) is 1. The molecule has 0 fully saturated rings. The van der Waals surface area contributed by atoms with Crippen molar-refractivity contribution in [3.63, 3.8) is 0 Å². The van der Waals surface area contributed by atoms with Crippen molar-refractivity contribution in [3.8, 4) is 0 Å². The first-order valence-corrected chi connectivity index (χ1v) is 8.65. The van der Waals surface area contributed by atoms with Crippen molar-refractivity contribution >= 4 is 11.7 Å². The molecular formula is C19H27N5O. The molecule has 2 rings (SSSR count). The highest BCUT2D eigenvalue weighted by molar-refractivity contribution is 5.92. The van der Waals surface area contributed by atoms with Crippen LogP contribution in [0.25, 0.3) is 0 Å². The molecule has 1 aromatic carbocycles. The molecule has 6 nitrogen and oxygen atoms in total. The quantitative estimate of drug-likeness (QED) is 0.710. The van der Waals surface area contributed by atoms with Crippen LogP contribution in [0.4, 0.5) is 5.82 Å². The third-order valence-corrected chi connectivity index (χ3v) is 3.86. The lowest BCUT2D eigenvalue weighted by molar-refractivity contribution is 0.0745. The van der Waals surface area contributed by atoms with Gasteiger partial charge >= 0.3 is 0 Å². The van der Waals surface area contributed by atoms with Gasteiger partial charge in [-0.15, -0.1) is 10.2 Å². The van der Waals surface area contributed by atoms with E-state index >= 15 is 0 Å². The number of hydrogen-bond acceptors (Lipinski definition) is 5. The summed E-state index contributed by atoms with van der Waals surface area (Å²) in [5, 5.41) is 11.4. The number of nitrogens with one attached hydrogen (secondary N) is 1. The molecule has 134 valence electrons. The van der Waals surface area contributed by atoms with Crippen LogP contribution in [0.1, 0.15) is 29.4 Å². The Morgan fingerprint density at radius 2 is 1.84 bits per heavy atom. The fourth-order valence-electron chi connectivity index (χ4n) is 2.45. The van der Waals surface area contributed by atoms with Crippen LogP contribution in [0.5, 0.6) is 0 Å². The molecule has 0 radical (unpaired) electrons. The Morgan fingerprint density at radius 3 is 2.44 bits per heavy atom. The third-order valence-electron chi connectivity index (χ3n) is 3.86. The van der Waals surface area contributed by atoms with Gasteiger partial charge in [0, 0.05) is 19.6 Å². The number of nitrogens with zero attached hydrogens (tertiary/aromatic N) is 4. The topological polar surface area (TPSA) is 61.4 Å². The molecule has 0 saturated carbocycles. The van der Waals surface area contributed by atoms with Gasteiger partial charge < -0.3 is 15.1 Å². The van der Waals surface area contributed by atoms with Gasteiger partial charge in [0.1, 0.15) is 5.82 Å². The van der Waals surface area contributed by atoms with E-state index in [0.29, 0.717) is 24.6 Å². The maximum absolute atomic E-state index is 12.6. The highest BCUT2D eigenvalue weighted by atomic mass is 16.2. The van der Waals surface area contributed by atoms with E-state index in [0.717, 1.165) is 25.1 Å². The molecule has 25 heavy (non-hydrogen) atoms. The molecule has 0 aliphatic carbocycles. The molecule has 0 unspecified atom stereocenters. The van der Waals surface area contributed by atoms with Gasteiger partial charge in [0.2, 0.25) is 0 Å². The third kappa shape index (κ3) is 6.15. The number of rotatable bonds is 9. The average molecular weight is 341 g/mol. The molecule has 0 saturated heterocycles. The van der Waals surface area contributed by atoms with E-state index in [1.54, 1.807) is 11.0 Å². The fourth-order valence-corrected chi connectivity index (χ4v) is 2.45. The SMILES string of the molecule is CCN(Cc1ccccc1)C(=O)c1ccc(NCCCN(C)C)nn1. The Labute approximate surface area is 149 Å². The summed E-state index contributed by atoms with van der Waals surface area (Å²) < 4.78 is 0. The summed E-state index contributed by atoms with van der Waals surface area (Å²) in [4.78, 5) is 16.5. The number of benzene rings is 1. The van der Waals surface area contributed by atoms with Crippen molar-refractivity contribution in [2.24, 2.45) is 0 Å². The average Bonchev–Trinajstić information content (AvgIpc) is 2.64. The van der Waals surface area contributed by atoms with E-state index in [1.807, 2.05) is 43.3 Å². The number of anilines is 1. The summed E-state index contributed by atoms with van der Waals surface area (Å²) in [6.07, 6.45) is 1.02. The van der Waals surface area contributed by atoms with Crippen molar-refractivity contribution in [1.82, 2.24) is 20.0 Å². The lowest BCUT2D eigenvalue weighted by atomic mass is 10.2. The fraction of sp³-hybridized carbons (Fsp3) is 0.421. The zero-order valence-corrected chi connectivity index (χ0v) is 15.3. The van der Waals surface area contributed by atoms with E-state index < -0.39 is 0 Å². The van der Waals surface area contributed by atoms with E-state index in [1.165, 1.54) is 0 Å². The van der Waals surface area contributed by atoms with Crippen LogP contribution in [0.15, 0.2) is 42.5 Å². The van der Waals surface area contributed by atoms with Crippen LogP contribution in [0.2, 0.25) is 0 Å². The molecule has 1 heterocycles. The number of carbonyl (C=O) groups excluding carboxylic acids is 1. The summed E-state index contributed by atoms with van der Waals surface area (Å²) in [6, 6.07) is 13.5. The molecule has 0 aliphatic rings. The standard InChI is InChI=1S/C19H27N5O/c1-4-24(15-16-9-6-5-7-10-16)19(25)17-11-12-18(22-21-17)20-13-8-14-23(2)3/h5-7,9-12H,4,8,13-15H2,1-3H3,(H,20,22). The predicted octanol–water partition coefficient (Wildman–Crippen LogP) is 2.50. The molecule has 1 amide bonds. The van der Waals surface area contributed by atoms with Crippen LogP contribution >= 0.6 is 0 Å². The number of aromatic nitrogens is 2. The summed E-state index contributed by atoms with van der Waals surface area (Å²) >= 11 is 0. The maximum atomic E-state index is 12.6. The van der Waals surface area contributed by atoms with Gasteiger partial charge in [-0.1, -0.05) is 30.3 Å². The normalized spacial score (nSPS) is 10.7. The minimum Gasteiger partial charge on any atom is -0.369 e. The Hall–Kier alpha value is -2.47. The van der Waals surface area contributed by atoms with Gasteiger partial charge in [-0.2, -0.15) is 0 Å². The van der Waals surface area contributed by atoms with Crippen molar-refractivity contribution in [2.45, 2.75) is 19.9 Å². The van der Waals surface area contributed by atoms with Gasteiger partial charge in [0.15, 0.2) is 5.69 Å². The second kappa shape index (κ2) is 9.74. The molecule has 0 aliphatic heterocycles. The molecule has 0 bridgehead atoms. The summed E-state index contributed by atoms with van der Waals surface area (Å²) in [6.45, 7) is 5.01. The first-order valence-electron chi connectivity index (χ1n) is 8.65. The van der Waals surface area contributed by atoms with Crippen molar-refractivity contribution in [1.29, 1.82) is 0 Å². The van der Waals surface area contributed by atoms with Gasteiger partial charge in [-0.25, -0.2) is 0 Å². The minimum atomic E-state index is -0.0991. The predicted molar refractivity (Wildman–Crippen MR) is 101 cm³/mol. The summed E-state index contributed by atoms with van der Waals surface area (Å²) in [7, 11) is 4.10. The zero-order chi connectivity index (χ0) is 18.1. The first kappa shape index (κ1) is 18.9. The zero-order valence-electron chi connectivity index (χ0n) is 15.3. The van der Waals surface area contributed by atoms with Gasteiger partial charge in [-0.05, 0) is 51.7 Å². The lowest BCUT2D eigenvalue weighted by Crippen LogP contribution is -2.31. The second-order valence-corrected chi connectivity index (χ2v) is 6.19. The van der Waals surface area contributed by atoms with Crippen molar-refractivity contribution in [2.75, 3.05) is 39.0 Å². The molecule has 1 N–H and O–H groups in total. The Kier molecular flexibility index (Phi) is 7.35. The maximum Gasteiger partial charge on any atom is 0.274 e. The van der Waals surface area contributed by atoms with E-state index in [-0.39, 0.29) is 5.91 Å². The van der Waals surface area contributed by atoms with Crippen LogP contribution in [-0.2, 0) is 6.54 Å². The summed E-state index contributed by atoms with van der Waals surface area (Å²) in [5.41, 5.74) is 1.47. The highest BCUT2D eigenvalue weighted by Crippen LogP contribution is 2.09. The van der Waals surface area contributed by atoms with Crippen molar-refractivity contribution in [3.05, 3.63) is 53.7 Å². The summed E-state index contributed by atoms with van der Waals surface area (Å²) in [5.74, 6) is 0.597.